The number of benzene rings is 2. The van der Waals surface area contributed by atoms with Crippen LogP contribution >= 0.6 is 39.0 Å². The van der Waals surface area contributed by atoms with Gasteiger partial charge in [0.1, 0.15) is 0 Å². The number of hydrogen-bond acceptors (Lipinski definition) is 3. The molecular formula is C16H14BrNS2. The molecule has 2 aromatic carbocycles. The first kappa shape index (κ1) is 14.1. The highest BCUT2D eigenvalue weighted by Gasteiger charge is 2.14. The molecule has 1 unspecified atom stereocenters. The van der Waals surface area contributed by atoms with Crippen molar-refractivity contribution in [1.82, 2.24) is 4.98 Å². The Bertz CT molecular complexity index is 690. The molecule has 1 nitrogen and oxygen atoms in total. The molecule has 1 atom stereocenters. The van der Waals surface area contributed by atoms with Crippen LogP contribution in [0.25, 0.3) is 10.2 Å². The van der Waals surface area contributed by atoms with Crippen molar-refractivity contribution >= 4 is 49.2 Å². The molecule has 0 fully saturated rings. The molecule has 0 saturated carbocycles. The number of thiazole rings is 1. The first-order valence-electron chi connectivity index (χ1n) is 6.39. The molecule has 102 valence electrons. The Morgan fingerprint density at radius 3 is 2.70 bits per heavy atom. The lowest BCUT2D eigenvalue weighted by molar-refractivity contribution is 0.916. The number of hydrogen-bond donors (Lipinski definition) is 0. The van der Waals surface area contributed by atoms with Crippen molar-refractivity contribution in [2.45, 2.75) is 16.1 Å². The fourth-order valence-corrected chi connectivity index (χ4v) is 4.94. The second-order valence-corrected chi connectivity index (χ2v) is 7.56. The third kappa shape index (κ3) is 2.92. The SMILES string of the molecule is CSc1ccccc1C(Br)Cc1nc2ccccc2s1. The molecule has 0 amide bonds. The van der Waals surface area contributed by atoms with Gasteiger partial charge in [-0.05, 0) is 30.0 Å². The molecule has 3 aromatic rings. The third-order valence-corrected chi connectivity index (χ3v) is 5.86. The minimum Gasteiger partial charge on any atom is -0.241 e. The molecule has 4 heteroatoms. The molecule has 0 saturated heterocycles. The van der Waals surface area contributed by atoms with Crippen molar-refractivity contribution in [3.63, 3.8) is 0 Å². The Kier molecular flexibility index (Phi) is 4.44. The Labute approximate surface area is 135 Å². The summed E-state index contributed by atoms with van der Waals surface area (Å²) in [5.74, 6) is 0. The van der Waals surface area contributed by atoms with Crippen LogP contribution < -0.4 is 0 Å². The van der Waals surface area contributed by atoms with Gasteiger partial charge in [-0.1, -0.05) is 46.3 Å². The zero-order valence-corrected chi connectivity index (χ0v) is 14.3. The maximum Gasteiger partial charge on any atom is 0.0953 e. The second-order valence-electron chi connectivity index (χ2n) is 4.49. The monoisotopic (exact) mass is 363 g/mol. The van der Waals surface area contributed by atoms with E-state index in [1.54, 1.807) is 23.1 Å². The fraction of sp³-hybridized carbons (Fsp3) is 0.188. The average molecular weight is 364 g/mol. The normalized spacial score (nSPS) is 12.7. The molecule has 0 bridgehead atoms. The molecule has 0 aliphatic carbocycles. The highest BCUT2D eigenvalue weighted by atomic mass is 79.9. The number of alkyl halides is 1. The third-order valence-electron chi connectivity index (χ3n) is 3.17. The lowest BCUT2D eigenvalue weighted by Gasteiger charge is -2.12. The van der Waals surface area contributed by atoms with Crippen LogP contribution in [0.1, 0.15) is 15.4 Å². The van der Waals surface area contributed by atoms with Gasteiger partial charge in [0.15, 0.2) is 0 Å². The summed E-state index contributed by atoms with van der Waals surface area (Å²) in [4.78, 5) is 6.36. The van der Waals surface area contributed by atoms with E-state index in [2.05, 4.69) is 64.7 Å². The molecule has 0 aliphatic heterocycles. The van der Waals surface area contributed by atoms with Gasteiger partial charge < -0.3 is 0 Å². The Hall–Kier alpha value is -0.840. The summed E-state index contributed by atoms with van der Waals surface area (Å²) in [6.07, 6.45) is 3.05. The van der Waals surface area contributed by atoms with Crippen molar-refractivity contribution in [3.8, 4) is 0 Å². The number of fused-ring (bicyclic) bond motifs is 1. The topological polar surface area (TPSA) is 12.9 Å². The van der Waals surface area contributed by atoms with Crippen LogP contribution in [0.15, 0.2) is 53.4 Å². The molecular weight excluding hydrogens is 350 g/mol. The van der Waals surface area contributed by atoms with Gasteiger partial charge >= 0.3 is 0 Å². The van der Waals surface area contributed by atoms with Crippen molar-refractivity contribution in [3.05, 3.63) is 59.1 Å². The molecule has 3 rings (SSSR count). The predicted molar refractivity (Wildman–Crippen MR) is 93.2 cm³/mol. The van der Waals surface area contributed by atoms with E-state index in [9.17, 15) is 0 Å². The van der Waals surface area contributed by atoms with Gasteiger partial charge in [-0.3, -0.25) is 0 Å². The summed E-state index contributed by atoms with van der Waals surface area (Å²) in [5.41, 5.74) is 2.45. The Balaban J connectivity index is 1.86. The first-order chi connectivity index (χ1) is 9.78. The van der Waals surface area contributed by atoms with E-state index in [0.717, 1.165) is 11.9 Å². The van der Waals surface area contributed by atoms with Crippen LogP contribution in [0, 0.1) is 0 Å². The van der Waals surface area contributed by atoms with Crippen molar-refractivity contribution in [1.29, 1.82) is 0 Å². The maximum atomic E-state index is 4.72. The molecule has 1 aromatic heterocycles. The van der Waals surface area contributed by atoms with Gasteiger partial charge in [-0.2, -0.15) is 0 Å². The molecule has 1 heterocycles. The first-order valence-corrected chi connectivity index (χ1v) is 9.35. The Morgan fingerprint density at radius 2 is 1.90 bits per heavy atom. The van der Waals surface area contributed by atoms with Gasteiger partial charge in [0, 0.05) is 16.1 Å². The molecule has 0 spiro atoms. The van der Waals surface area contributed by atoms with E-state index in [1.165, 1.54) is 20.2 Å². The number of aromatic nitrogens is 1. The van der Waals surface area contributed by atoms with Crippen LogP contribution in [0.3, 0.4) is 0 Å². The quantitative estimate of drug-likeness (QED) is 0.435. The van der Waals surface area contributed by atoms with Crippen LogP contribution in [-0.2, 0) is 6.42 Å². The Morgan fingerprint density at radius 1 is 1.15 bits per heavy atom. The number of thioether (sulfide) groups is 1. The van der Waals surface area contributed by atoms with E-state index in [0.29, 0.717) is 4.83 Å². The summed E-state index contributed by atoms with van der Waals surface area (Å²) in [7, 11) is 0. The average Bonchev–Trinajstić information content (AvgIpc) is 2.89. The van der Waals surface area contributed by atoms with Gasteiger partial charge in [0.2, 0.25) is 0 Å². The summed E-state index contributed by atoms with van der Waals surface area (Å²) < 4.78 is 1.26. The van der Waals surface area contributed by atoms with E-state index in [1.807, 2.05) is 6.07 Å². The van der Waals surface area contributed by atoms with E-state index in [-0.39, 0.29) is 0 Å². The molecule has 0 aliphatic rings. The summed E-state index contributed by atoms with van der Waals surface area (Å²) >= 11 is 7.40. The van der Waals surface area contributed by atoms with Crippen LogP contribution in [-0.4, -0.2) is 11.2 Å². The van der Waals surface area contributed by atoms with Crippen LogP contribution in [0.2, 0.25) is 0 Å². The highest BCUT2D eigenvalue weighted by molar-refractivity contribution is 9.09. The highest BCUT2D eigenvalue weighted by Crippen LogP contribution is 2.35. The van der Waals surface area contributed by atoms with Gasteiger partial charge in [0.25, 0.3) is 0 Å². The number of para-hydroxylation sites is 1. The minimum absolute atomic E-state index is 0.312. The number of nitrogens with zero attached hydrogens (tertiary/aromatic N) is 1. The summed E-state index contributed by atoms with van der Waals surface area (Å²) in [6, 6.07) is 16.9. The van der Waals surface area contributed by atoms with Gasteiger partial charge in [0.05, 0.1) is 15.2 Å². The van der Waals surface area contributed by atoms with Crippen molar-refractivity contribution in [2.24, 2.45) is 0 Å². The molecule has 0 radical (unpaired) electrons. The van der Waals surface area contributed by atoms with E-state index >= 15 is 0 Å². The number of halogens is 1. The summed E-state index contributed by atoms with van der Waals surface area (Å²) in [5, 5.41) is 1.18. The lowest BCUT2D eigenvalue weighted by atomic mass is 10.1. The molecule has 0 N–H and O–H groups in total. The predicted octanol–water partition coefficient (Wildman–Crippen LogP) is 5.70. The van der Waals surface area contributed by atoms with Gasteiger partial charge in [-0.25, -0.2) is 4.98 Å². The van der Waals surface area contributed by atoms with Crippen LogP contribution in [0.5, 0.6) is 0 Å². The van der Waals surface area contributed by atoms with Crippen molar-refractivity contribution in [2.75, 3.05) is 6.26 Å². The second kappa shape index (κ2) is 6.29. The van der Waals surface area contributed by atoms with E-state index in [4.69, 9.17) is 4.98 Å². The minimum atomic E-state index is 0.312. The lowest BCUT2D eigenvalue weighted by Crippen LogP contribution is -1.96. The van der Waals surface area contributed by atoms with E-state index < -0.39 is 0 Å². The smallest absolute Gasteiger partial charge is 0.0953 e. The zero-order chi connectivity index (χ0) is 13.9. The van der Waals surface area contributed by atoms with Gasteiger partial charge in [-0.15, -0.1) is 23.1 Å². The summed E-state index contributed by atoms with van der Waals surface area (Å²) in [6.45, 7) is 0. The fourth-order valence-electron chi connectivity index (χ4n) is 2.20. The standard InChI is InChI=1S/C16H14BrNS2/c1-19-14-8-4-2-6-11(14)12(17)10-16-18-13-7-3-5-9-15(13)20-16/h2-9,12H,10H2,1H3. The van der Waals surface area contributed by atoms with Crippen LogP contribution in [0.4, 0.5) is 0 Å². The number of rotatable bonds is 4. The zero-order valence-electron chi connectivity index (χ0n) is 11.0. The maximum absolute atomic E-state index is 4.72. The largest absolute Gasteiger partial charge is 0.241 e. The van der Waals surface area contributed by atoms with Crippen molar-refractivity contribution < 1.29 is 0 Å². The molecule has 20 heavy (non-hydrogen) atoms.